The van der Waals surface area contributed by atoms with Crippen LogP contribution in [0.15, 0.2) is 121 Å². The predicted octanol–water partition coefficient (Wildman–Crippen LogP) is 6.91. The lowest BCUT2D eigenvalue weighted by Crippen LogP contribution is -2.26. The highest BCUT2D eigenvalue weighted by Gasteiger charge is 2.26. The summed E-state index contributed by atoms with van der Waals surface area (Å²) in [5.74, 6) is 0.140. The quantitative estimate of drug-likeness (QED) is 0.0855. The van der Waals surface area contributed by atoms with Crippen molar-refractivity contribution in [3.8, 4) is 11.5 Å². The van der Waals surface area contributed by atoms with Gasteiger partial charge in [-0.1, -0.05) is 112 Å². The number of aliphatic hydroxyl groups is 2. The van der Waals surface area contributed by atoms with Crippen LogP contribution in [0.4, 0.5) is 0 Å². The normalized spacial score (nSPS) is 12.4. The smallest absolute Gasteiger partial charge is 0.333 e. The molecule has 2 N–H and O–H groups in total. The van der Waals surface area contributed by atoms with Crippen molar-refractivity contribution >= 4 is 11.9 Å². The fraction of sp³-hybridized carbons (Fsp3) is 0.302. The van der Waals surface area contributed by atoms with Crippen molar-refractivity contribution in [1.29, 1.82) is 0 Å². The minimum Gasteiger partial charge on any atom is -0.490 e. The maximum Gasteiger partial charge on any atom is 0.333 e. The second kappa shape index (κ2) is 18.2. The summed E-state index contributed by atoms with van der Waals surface area (Å²) in [6.07, 6.45) is -0.802. The minimum absolute atomic E-state index is 0.0522. The average molecular weight is 693 g/mol. The van der Waals surface area contributed by atoms with E-state index in [1.54, 1.807) is 13.8 Å². The number of aliphatic hydroxyl groups excluding tert-OH is 2. The van der Waals surface area contributed by atoms with Gasteiger partial charge in [0.25, 0.3) is 0 Å². The van der Waals surface area contributed by atoms with E-state index in [9.17, 15) is 19.8 Å². The fourth-order valence-corrected chi connectivity index (χ4v) is 5.35. The lowest BCUT2D eigenvalue weighted by atomic mass is 9.76. The summed E-state index contributed by atoms with van der Waals surface area (Å²) in [6, 6.07) is 32.3. The van der Waals surface area contributed by atoms with E-state index >= 15 is 0 Å². The Morgan fingerprint density at radius 3 is 1.33 bits per heavy atom. The Hall–Kier alpha value is -5.18. The van der Waals surface area contributed by atoms with Gasteiger partial charge in [0.1, 0.15) is 50.1 Å². The van der Waals surface area contributed by atoms with Crippen LogP contribution in [0.2, 0.25) is 0 Å². The number of carbonyl (C=O) groups excluding carboxylic acids is 2. The van der Waals surface area contributed by atoms with Crippen LogP contribution in [-0.4, -0.2) is 60.8 Å². The van der Waals surface area contributed by atoms with Gasteiger partial charge < -0.3 is 29.2 Å². The van der Waals surface area contributed by atoms with E-state index in [-0.39, 0.29) is 37.6 Å². The molecule has 0 amide bonds. The van der Waals surface area contributed by atoms with Crippen LogP contribution < -0.4 is 9.47 Å². The summed E-state index contributed by atoms with van der Waals surface area (Å²) in [5.41, 5.74) is 6.31. The maximum absolute atomic E-state index is 11.8. The van der Waals surface area contributed by atoms with Gasteiger partial charge in [0.15, 0.2) is 0 Å². The SMILES string of the molecule is C=C(C)C(=O)OCC(O)COc1ccc(C(C)(C)c2ccc(OCC(O)COC(=O)C(=C)C)c(Cc3ccccc3)c2)cc1Cc1ccccc1. The zero-order valence-corrected chi connectivity index (χ0v) is 29.9. The van der Waals surface area contributed by atoms with E-state index < -0.39 is 29.6 Å². The van der Waals surface area contributed by atoms with Crippen molar-refractivity contribution in [3.63, 3.8) is 0 Å². The first-order valence-electron chi connectivity index (χ1n) is 16.9. The van der Waals surface area contributed by atoms with Gasteiger partial charge in [-0.2, -0.15) is 0 Å². The predicted molar refractivity (Wildman–Crippen MR) is 198 cm³/mol. The van der Waals surface area contributed by atoms with Crippen molar-refractivity contribution in [2.24, 2.45) is 0 Å². The molecule has 0 saturated carbocycles. The molecule has 268 valence electrons. The molecule has 0 aliphatic carbocycles. The molecular weight excluding hydrogens is 644 g/mol. The van der Waals surface area contributed by atoms with E-state index in [1.807, 2.05) is 60.7 Å². The monoisotopic (exact) mass is 692 g/mol. The Bertz CT molecular complexity index is 1660. The van der Waals surface area contributed by atoms with Gasteiger partial charge in [0.05, 0.1) is 0 Å². The molecule has 8 heteroatoms. The Balaban J connectivity index is 1.60. The highest BCUT2D eigenvalue weighted by molar-refractivity contribution is 5.87. The Morgan fingerprint density at radius 2 is 0.980 bits per heavy atom. The molecule has 51 heavy (non-hydrogen) atoms. The molecule has 8 nitrogen and oxygen atoms in total. The second-order valence-corrected chi connectivity index (χ2v) is 13.3. The first kappa shape index (κ1) is 38.6. The molecule has 0 fully saturated rings. The lowest BCUT2D eigenvalue weighted by molar-refractivity contribution is -0.143. The van der Waals surface area contributed by atoms with Gasteiger partial charge in [0, 0.05) is 29.4 Å². The highest BCUT2D eigenvalue weighted by atomic mass is 16.6. The molecule has 2 unspecified atom stereocenters. The first-order valence-corrected chi connectivity index (χ1v) is 16.9. The van der Waals surface area contributed by atoms with Gasteiger partial charge >= 0.3 is 11.9 Å². The van der Waals surface area contributed by atoms with Crippen molar-refractivity contribution in [3.05, 3.63) is 155 Å². The number of ether oxygens (including phenoxy) is 4. The standard InChI is InChI=1S/C43H48O8/c1-29(2)41(46)50-27-37(44)25-48-39-19-17-35(23-33(39)21-31-13-9-7-10-14-31)43(5,6)36-18-20-40(34(24-36)22-32-15-11-8-12-16-32)49-26-38(45)28-51-42(47)30(3)4/h7-20,23-24,37-38,44-45H,1,3,21-22,25-28H2,2,4-6H3. The van der Waals surface area contributed by atoms with E-state index in [4.69, 9.17) is 18.9 Å². The van der Waals surface area contributed by atoms with E-state index in [0.29, 0.717) is 24.3 Å². The maximum atomic E-state index is 11.8. The third-order valence-electron chi connectivity index (χ3n) is 8.41. The molecule has 0 bridgehead atoms. The molecule has 0 heterocycles. The topological polar surface area (TPSA) is 112 Å². The highest BCUT2D eigenvalue weighted by Crippen LogP contribution is 2.37. The summed E-state index contributed by atoms with van der Waals surface area (Å²) >= 11 is 0. The van der Waals surface area contributed by atoms with E-state index in [0.717, 1.165) is 33.4 Å². The third kappa shape index (κ3) is 11.4. The Morgan fingerprint density at radius 1 is 0.608 bits per heavy atom. The Kier molecular flexibility index (Phi) is 13.8. The number of rotatable bonds is 18. The molecule has 4 aromatic carbocycles. The summed E-state index contributed by atoms with van der Waals surface area (Å²) in [6.45, 7) is 14.1. The first-order chi connectivity index (χ1) is 24.3. The molecular formula is C43H48O8. The van der Waals surface area contributed by atoms with Crippen molar-refractivity contribution in [1.82, 2.24) is 0 Å². The summed E-state index contributed by atoms with van der Waals surface area (Å²) < 4.78 is 22.4. The number of benzene rings is 4. The largest absolute Gasteiger partial charge is 0.490 e. The minimum atomic E-state index is -1.01. The number of hydrogen-bond acceptors (Lipinski definition) is 8. The van der Waals surface area contributed by atoms with Gasteiger partial charge in [-0.25, -0.2) is 9.59 Å². The van der Waals surface area contributed by atoms with Gasteiger partial charge in [-0.05, 0) is 59.4 Å². The van der Waals surface area contributed by atoms with E-state index in [1.165, 1.54) is 0 Å². The van der Waals surface area contributed by atoms with E-state index in [2.05, 4.69) is 63.4 Å². The van der Waals surface area contributed by atoms with Crippen LogP contribution in [0, 0.1) is 0 Å². The average Bonchev–Trinajstić information content (AvgIpc) is 3.12. The van der Waals surface area contributed by atoms with Crippen LogP contribution in [-0.2, 0) is 37.3 Å². The van der Waals surface area contributed by atoms with Crippen LogP contribution in [0.1, 0.15) is 61.1 Å². The van der Waals surface area contributed by atoms with Crippen LogP contribution >= 0.6 is 0 Å². The van der Waals surface area contributed by atoms with Crippen LogP contribution in [0.25, 0.3) is 0 Å². The molecule has 2 atom stereocenters. The summed E-state index contributed by atoms with van der Waals surface area (Å²) in [7, 11) is 0. The van der Waals surface area contributed by atoms with Crippen LogP contribution in [0.5, 0.6) is 11.5 Å². The molecule has 4 rings (SSSR count). The fourth-order valence-electron chi connectivity index (χ4n) is 5.35. The summed E-state index contributed by atoms with van der Waals surface area (Å²) in [5, 5.41) is 20.9. The van der Waals surface area contributed by atoms with Crippen molar-refractivity contribution < 1.29 is 38.7 Å². The summed E-state index contributed by atoms with van der Waals surface area (Å²) in [4.78, 5) is 23.5. The van der Waals surface area contributed by atoms with Crippen molar-refractivity contribution in [2.45, 2.75) is 58.2 Å². The zero-order chi connectivity index (χ0) is 37.0. The Labute approximate surface area is 301 Å². The molecule has 0 saturated heterocycles. The van der Waals surface area contributed by atoms with Gasteiger partial charge in [-0.15, -0.1) is 0 Å². The molecule has 0 radical (unpaired) electrons. The molecule has 0 aliphatic rings. The van der Waals surface area contributed by atoms with Gasteiger partial charge in [0.2, 0.25) is 0 Å². The van der Waals surface area contributed by atoms with Gasteiger partial charge in [-0.3, -0.25) is 0 Å². The van der Waals surface area contributed by atoms with Crippen molar-refractivity contribution in [2.75, 3.05) is 26.4 Å². The lowest BCUT2D eigenvalue weighted by Gasteiger charge is -2.29. The molecule has 4 aromatic rings. The molecule has 0 aliphatic heterocycles. The third-order valence-corrected chi connectivity index (χ3v) is 8.41. The zero-order valence-electron chi connectivity index (χ0n) is 29.9. The number of carbonyl (C=O) groups is 2. The number of hydrogen-bond donors (Lipinski definition) is 2. The molecule has 0 aromatic heterocycles. The van der Waals surface area contributed by atoms with Crippen LogP contribution in [0.3, 0.4) is 0 Å². The molecule has 0 spiro atoms. The second-order valence-electron chi connectivity index (χ2n) is 13.3. The number of esters is 2.